The average molecular weight is 265 g/mol. The van der Waals surface area contributed by atoms with Crippen LogP contribution in [0, 0.1) is 0 Å². The molecule has 2 amide bonds. The van der Waals surface area contributed by atoms with Crippen LogP contribution in [0.1, 0.15) is 23.7 Å². The van der Waals surface area contributed by atoms with Crippen LogP contribution in [0.5, 0.6) is 0 Å². The maximum Gasteiger partial charge on any atom is 0.255 e. The number of amides is 2. The molecule has 0 unspecified atom stereocenters. The van der Waals surface area contributed by atoms with Gasteiger partial charge in [-0.15, -0.1) is 0 Å². The summed E-state index contributed by atoms with van der Waals surface area (Å²) in [7, 11) is 3.30. The van der Waals surface area contributed by atoms with Gasteiger partial charge in [-0.25, -0.2) is 0 Å². The van der Waals surface area contributed by atoms with Crippen LogP contribution in [0.4, 0.5) is 0 Å². The van der Waals surface area contributed by atoms with E-state index in [9.17, 15) is 14.4 Å². The summed E-state index contributed by atoms with van der Waals surface area (Å²) in [6.07, 6.45) is 2.13. The van der Waals surface area contributed by atoms with Gasteiger partial charge in [-0.1, -0.05) is 6.92 Å². The van der Waals surface area contributed by atoms with Crippen LogP contribution in [0.2, 0.25) is 0 Å². The zero-order valence-electron chi connectivity index (χ0n) is 11.5. The summed E-state index contributed by atoms with van der Waals surface area (Å²) in [5, 5.41) is 0. The Balaban J connectivity index is 2.86. The van der Waals surface area contributed by atoms with E-state index in [1.54, 1.807) is 14.1 Å². The fraction of sp³-hybridized carbons (Fsp3) is 0.462. The maximum absolute atomic E-state index is 12.2. The minimum absolute atomic E-state index is 0.0405. The van der Waals surface area contributed by atoms with Crippen LogP contribution in [0.3, 0.4) is 0 Å². The monoisotopic (exact) mass is 265 g/mol. The predicted octanol–water partition coefficient (Wildman–Crippen LogP) is 0.315. The van der Waals surface area contributed by atoms with Gasteiger partial charge in [-0.05, 0) is 12.5 Å². The molecule has 0 aliphatic heterocycles. The number of pyridine rings is 1. The molecule has 0 atom stereocenters. The van der Waals surface area contributed by atoms with E-state index < -0.39 is 0 Å². The summed E-state index contributed by atoms with van der Waals surface area (Å²) in [6, 6.07) is 2.76. The minimum atomic E-state index is -0.261. The first-order chi connectivity index (χ1) is 8.95. The van der Waals surface area contributed by atoms with E-state index in [1.165, 1.54) is 28.1 Å². The molecule has 0 aromatic carbocycles. The quantitative estimate of drug-likeness (QED) is 0.833. The second-order valence-electron chi connectivity index (χ2n) is 4.46. The van der Waals surface area contributed by atoms with E-state index in [-0.39, 0.29) is 23.9 Å². The normalized spacial score (nSPS) is 10.1. The number of aromatic amines is 1. The van der Waals surface area contributed by atoms with E-state index in [4.69, 9.17) is 0 Å². The van der Waals surface area contributed by atoms with Crippen molar-refractivity contribution in [3.05, 3.63) is 34.2 Å². The Hall–Kier alpha value is -2.11. The summed E-state index contributed by atoms with van der Waals surface area (Å²) >= 11 is 0. The molecule has 6 nitrogen and oxygen atoms in total. The molecule has 0 fully saturated rings. The van der Waals surface area contributed by atoms with Crippen molar-refractivity contribution in [2.24, 2.45) is 0 Å². The van der Waals surface area contributed by atoms with Gasteiger partial charge in [0.25, 0.3) is 5.91 Å². The van der Waals surface area contributed by atoms with Crippen molar-refractivity contribution in [3.8, 4) is 0 Å². The smallest absolute Gasteiger partial charge is 0.255 e. The van der Waals surface area contributed by atoms with Gasteiger partial charge < -0.3 is 14.8 Å². The fourth-order valence-corrected chi connectivity index (χ4v) is 1.55. The molecule has 0 radical (unpaired) electrons. The number of hydrogen-bond acceptors (Lipinski definition) is 3. The van der Waals surface area contributed by atoms with E-state index in [0.717, 1.165) is 6.42 Å². The largest absolute Gasteiger partial charge is 0.347 e. The highest BCUT2D eigenvalue weighted by Crippen LogP contribution is 2.03. The van der Waals surface area contributed by atoms with Crippen molar-refractivity contribution >= 4 is 11.8 Å². The molecule has 0 bridgehead atoms. The van der Waals surface area contributed by atoms with Gasteiger partial charge in [0.1, 0.15) is 6.54 Å². The number of nitrogens with zero attached hydrogens (tertiary/aromatic N) is 2. The number of H-pyrrole nitrogens is 1. The fourth-order valence-electron chi connectivity index (χ4n) is 1.55. The van der Waals surface area contributed by atoms with E-state index in [2.05, 4.69) is 4.98 Å². The number of likely N-dealkylation sites (N-methyl/N-ethyl adjacent to an activating group) is 1. The second-order valence-corrected chi connectivity index (χ2v) is 4.46. The molecule has 0 saturated heterocycles. The lowest BCUT2D eigenvalue weighted by atomic mass is 10.2. The third-order valence-corrected chi connectivity index (χ3v) is 2.64. The minimum Gasteiger partial charge on any atom is -0.347 e. The third kappa shape index (κ3) is 4.24. The molecule has 1 rings (SSSR count). The zero-order valence-corrected chi connectivity index (χ0v) is 11.5. The Morgan fingerprint density at radius 2 is 1.95 bits per heavy atom. The van der Waals surface area contributed by atoms with Crippen LogP contribution in [-0.4, -0.2) is 53.8 Å². The molecule has 0 spiro atoms. The lowest BCUT2D eigenvalue weighted by molar-refractivity contribution is -0.129. The number of nitrogens with one attached hydrogen (secondary N) is 1. The van der Waals surface area contributed by atoms with Crippen molar-refractivity contribution in [1.82, 2.24) is 14.8 Å². The van der Waals surface area contributed by atoms with Crippen molar-refractivity contribution in [3.63, 3.8) is 0 Å². The molecule has 6 heteroatoms. The lowest BCUT2D eigenvalue weighted by Gasteiger charge is -2.23. The predicted molar refractivity (Wildman–Crippen MR) is 72.0 cm³/mol. The van der Waals surface area contributed by atoms with Crippen molar-refractivity contribution in [2.75, 3.05) is 27.2 Å². The summed E-state index contributed by atoms with van der Waals surface area (Å²) in [4.78, 5) is 40.3. The summed E-state index contributed by atoms with van der Waals surface area (Å²) in [6.45, 7) is 2.48. The Labute approximate surface area is 112 Å². The standard InChI is InChI=1S/C13H19N3O3/c1-4-7-16(9-12(18)15(2)3)13(19)10-5-6-11(17)14-8-10/h5-6,8H,4,7,9H2,1-3H3,(H,14,17). The van der Waals surface area contributed by atoms with Crippen LogP contribution in [-0.2, 0) is 4.79 Å². The van der Waals surface area contributed by atoms with Crippen molar-refractivity contribution in [1.29, 1.82) is 0 Å². The highest BCUT2D eigenvalue weighted by Gasteiger charge is 2.18. The first kappa shape index (κ1) is 14.9. The van der Waals surface area contributed by atoms with Crippen molar-refractivity contribution in [2.45, 2.75) is 13.3 Å². The highest BCUT2D eigenvalue weighted by molar-refractivity contribution is 5.96. The zero-order chi connectivity index (χ0) is 14.4. The number of carbonyl (C=O) groups excluding carboxylic acids is 2. The van der Waals surface area contributed by atoms with Gasteiger partial charge in [0.05, 0.1) is 5.56 Å². The van der Waals surface area contributed by atoms with Gasteiger partial charge >= 0.3 is 0 Å². The Kier molecular flexibility index (Phi) is 5.29. The number of rotatable bonds is 5. The summed E-state index contributed by atoms with van der Waals surface area (Å²) in [5.74, 6) is -0.389. The van der Waals surface area contributed by atoms with Gasteiger partial charge in [0.15, 0.2) is 0 Å². The summed E-state index contributed by atoms with van der Waals surface area (Å²) in [5.41, 5.74) is 0.113. The molecule has 1 aromatic rings. The topological polar surface area (TPSA) is 73.5 Å². The summed E-state index contributed by atoms with van der Waals surface area (Å²) < 4.78 is 0. The molecule has 19 heavy (non-hydrogen) atoms. The Bertz CT molecular complexity index is 488. The maximum atomic E-state index is 12.2. The number of hydrogen-bond donors (Lipinski definition) is 1. The van der Waals surface area contributed by atoms with E-state index in [0.29, 0.717) is 12.1 Å². The van der Waals surface area contributed by atoms with Crippen LogP contribution < -0.4 is 5.56 Å². The molecular formula is C13H19N3O3. The molecule has 1 N–H and O–H groups in total. The Morgan fingerprint density at radius 1 is 1.26 bits per heavy atom. The van der Waals surface area contributed by atoms with Crippen LogP contribution in [0.25, 0.3) is 0 Å². The van der Waals surface area contributed by atoms with E-state index >= 15 is 0 Å². The SMILES string of the molecule is CCCN(CC(=O)N(C)C)C(=O)c1ccc(=O)[nH]c1. The lowest BCUT2D eigenvalue weighted by Crippen LogP contribution is -2.40. The van der Waals surface area contributed by atoms with E-state index in [1.807, 2.05) is 6.92 Å². The van der Waals surface area contributed by atoms with Gasteiger partial charge in [-0.2, -0.15) is 0 Å². The molecular weight excluding hydrogens is 246 g/mol. The van der Waals surface area contributed by atoms with Gasteiger partial charge in [0.2, 0.25) is 11.5 Å². The van der Waals surface area contributed by atoms with Crippen LogP contribution in [0.15, 0.2) is 23.1 Å². The second kappa shape index (κ2) is 6.72. The first-order valence-corrected chi connectivity index (χ1v) is 6.14. The molecule has 0 aliphatic carbocycles. The molecule has 104 valence electrons. The first-order valence-electron chi connectivity index (χ1n) is 6.14. The van der Waals surface area contributed by atoms with Gasteiger partial charge in [-0.3, -0.25) is 14.4 Å². The average Bonchev–Trinajstić information content (AvgIpc) is 2.38. The number of carbonyl (C=O) groups is 2. The molecule has 0 aliphatic rings. The molecule has 0 saturated carbocycles. The van der Waals surface area contributed by atoms with Crippen molar-refractivity contribution < 1.29 is 9.59 Å². The van der Waals surface area contributed by atoms with Crippen LogP contribution >= 0.6 is 0 Å². The molecule has 1 heterocycles. The highest BCUT2D eigenvalue weighted by atomic mass is 16.2. The molecule has 1 aromatic heterocycles. The Morgan fingerprint density at radius 3 is 2.42 bits per heavy atom. The third-order valence-electron chi connectivity index (χ3n) is 2.64. The number of aromatic nitrogens is 1. The van der Waals surface area contributed by atoms with Gasteiger partial charge in [0, 0.05) is 32.9 Å².